The zero-order chi connectivity index (χ0) is 24.5. The van der Waals surface area contributed by atoms with Crippen LogP contribution in [0.25, 0.3) is 10.9 Å². The minimum absolute atomic E-state index is 0.502. The quantitative estimate of drug-likeness (QED) is 0.407. The second kappa shape index (κ2) is 8.66. The first-order chi connectivity index (χ1) is 16.8. The number of hydrogen-bond acceptors (Lipinski definition) is 0. The van der Waals surface area contributed by atoms with E-state index >= 15 is 0 Å². The molecule has 6 rings (SSSR count). The number of fused-ring (bicyclic) bond motifs is 9. The molecule has 3 saturated carbocycles. The number of nitrogens with zero attached hydrogens (tertiary/aromatic N) is 1. The van der Waals surface area contributed by atoms with E-state index in [-0.39, 0.29) is 0 Å². The molecule has 1 heterocycles. The highest BCUT2D eigenvalue weighted by molar-refractivity contribution is 5.86. The van der Waals surface area contributed by atoms with Crippen molar-refractivity contribution in [3.05, 3.63) is 35.5 Å². The lowest BCUT2D eigenvalue weighted by molar-refractivity contribution is -0.0897. The van der Waals surface area contributed by atoms with Gasteiger partial charge in [-0.05, 0) is 115 Å². The fourth-order valence-corrected chi connectivity index (χ4v) is 10.9. The third-order valence-corrected chi connectivity index (χ3v) is 12.6. The average Bonchev–Trinajstić information content (AvgIpc) is 3.33. The first-order valence-electron chi connectivity index (χ1n) is 15.3. The van der Waals surface area contributed by atoms with Crippen molar-refractivity contribution in [2.45, 2.75) is 111 Å². The number of para-hydroxylation sites is 1. The van der Waals surface area contributed by atoms with Crippen molar-refractivity contribution >= 4 is 10.9 Å². The van der Waals surface area contributed by atoms with Crippen molar-refractivity contribution in [3.8, 4) is 0 Å². The Morgan fingerprint density at radius 2 is 1.66 bits per heavy atom. The van der Waals surface area contributed by atoms with Crippen molar-refractivity contribution in [2.75, 3.05) is 0 Å². The molecule has 1 heteroatoms. The highest BCUT2D eigenvalue weighted by Gasteiger charge is 2.61. The SMILES string of the molecule is CC(C)CCC[C@@H](C)[C@H]1CC[C@H]2[C@@H]3CC[C@H]4c5c(n(C)c6ccccc56)CC[C@]4(C)[C@H]3CC[C@]12C. The van der Waals surface area contributed by atoms with Crippen LogP contribution in [-0.4, -0.2) is 4.57 Å². The predicted octanol–water partition coefficient (Wildman–Crippen LogP) is 9.53. The minimum Gasteiger partial charge on any atom is -0.347 e. The maximum Gasteiger partial charge on any atom is 0.0482 e. The summed E-state index contributed by atoms with van der Waals surface area (Å²) in [6.07, 6.45) is 16.0. The molecule has 0 amide bonds. The third kappa shape index (κ3) is 3.53. The summed E-state index contributed by atoms with van der Waals surface area (Å²) in [4.78, 5) is 0. The molecule has 0 unspecified atom stereocenters. The van der Waals surface area contributed by atoms with Crippen LogP contribution < -0.4 is 0 Å². The van der Waals surface area contributed by atoms with Gasteiger partial charge in [0.05, 0.1) is 0 Å². The Balaban J connectivity index is 1.26. The van der Waals surface area contributed by atoms with E-state index in [1.807, 2.05) is 0 Å². The van der Waals surface area contributed by atoms with Gasteiger partial charge in [0.25, 0.3) is 0 Å². The summed E-state index contributed by atoms with van der Waals surface area (Å²) in [5.41, 5.74) is 5.99. The molecular weight excluding hydrogens is 422 g/mol. The molecule has 4 aliphatic rings. The number of hydrogen-bond donors (Lipinski definition) is 0. The first kappa shape index (κ1) is 24.1. The van der Waals surface area contributed by atoms with Crippen LogP contribution in [-0.2, 0) is 13.5 Å². The van der Waals surface area contributed by atoms with Gasteiger partial charge >= 0.3 is 0 Å². The number of rotatable bonds is 5. The molecule has 2 aromatic rings. The van der Waals surface area contributed by atoms with E-state index in [9.17, 15) is 0 Å². The van der Waals surface area contributed by atoms with Gasteiger partial charge in [-0.3, -0.25) is 0 Å². The summed E-state index contributed by atoms with van der Waals surface area (Å²) in [6, 6.07) is 9.27. The molecule has 192 valence electrons. The molecule has 0 spiro atoms. The Morgan fingerprint density at radius 1 is 0.886 bits per heavy atom. The largest absolute Gasteiger partial charge is 0.347 e. The van der Waals surface area contributed by atoms with Gasteiger partial charge in [-0.15, -0.1) is 0 Å². The Bertz CT molecular complexity index is 1080. The molecule has 1 aromatic heterocycles. The van der Waals surface area contributed by atoms with Gasteiger partial charge in [-0.25, -0.2) is 0 Å². The zero-order valence-electron chi connectivity index (χ0n) is 23.6. The van der Waals surface area contributed by atoms with E-state index < -0.39 is 0 Å². The van der Waals surface area contributed by atoms with Gasteiger partial charge in [-0.1, -0.05) is 72.1 Å². The van der Waals surface area contributed by atoms with Crippen LogP contribution in [0.15, 0.2) is 24.3 Å². The Morgan fingerprint density at radius 3 is 2.46 bits per heavy atom. The highest BCUT2D eigenvalue weighted by atomic mass is 15.0. The molecular formula is C34H51N. The molecule has 8 atom stereocenters. The van der Waals surface area contributed by atoms with Crippen molar-refractivity contribution in [2.24, 2.45) is 53.4 Å². The molecule has 3 fully saturated rings. The molecule has 4 aliphatic carbocycles. The fraction of sp³-hybridized carbons (Fsp3) is 0.765. The predicted molar refractivity (Wildman–Crippen MR) is 150 cm³/mol. The number of benzene rings is 1. The van der Waals surface area contributed by atoms with Crippen molar-refractivity contribution in [3.63, 3.8) is 0 Å². The normalized spacial score (nSPS) is 39.2. The molecule has 1 aromatic carbocycles. The van der Waals surface area contributed by atoms with E-state index in [1.54, 1.807) is 16.6 Å². The standard InChI is InChI=1S/C34H51N/c1-22(2)10-9-11-23(3)26-16-17-27-24-14-15-29-32-25-12-7-8-13-30(25)35(6)31(32)19-21-34(29,5)28(24)18-20-33(26,27)4/h7-8,12-13,22-24,26-29H,9-11,14-21H2,1-6H3/t23-,24+,26-,27+,28+,29+,33-,34-/m1/s1. The Kier molecular flexibility index (Phi) is 5.97. The van der Waals surface area contributed by atoms with Crippen molar-refractivity contribution in [1.82, 2.24) is 4.57 Å². The first-order valence-corrected chi connectivity index (χ1v) is 15.3. The highest BCUT2D eigenvalue weighted by Crippen LogP contribution is 2.69. The van der Waals surface area contributed by atoms with Gasteiger partial charge in [0, 0.05) is 23.6 Å². The monoisotopic (exact) mass is 473 g/mol. The lowest BCUT2D eigenvalue weighted by Gasteiger charge is -2.60. The van der Waals surface area contributed by atoms with E-state index in [1.165, 1.54) is 76.1 Å². The Labute approximate surface area is 215 Å². The van der Waals surface area contributed by atoms with Gasteiger partial charge < -0.3 is 4.57 Å². The van der Waals surface area contributed by atoms with E-state index in [4.69, 9.17) is 0 Å². The van der Waals surface area contributed by atoms with Crippen LogP contribution in [0.4, 0.5) is 0 Å². The molecule has 0 aliphatic heterocycles. The molecule has 0 bridgehead atoms. The van der Waals surface area contributed by atoms with Gasteiger partial charge in [0.2, 0.25) is 0 Å². The molecule has 35 heavy (non-hydrogen) atoms. The average molecular weight is 474 g/mol. The summed E-state index contributed by atoms with van der Waals surface area (Å²) in [5, 5.41) is 1.57. The maximum absolute atomic E-state index is 2.75. The number of aromatic nitrogens is 1. The van der Waals surface area contributed by atoms with E-state index in [0.29, 0.717) is 10.8 Å². The van der Waals surface area contributed by atoms with Crippen LogP contribution in [0.5, 0.6) is 0 Å². The van der Waals surface area contributed by atoms with Gasteiger partial charge in [0.1, 0.15) is 0 Å². The zero-order valence-corrected chi connectivity index (χ0v) is 23.6. The molecule has 0 saturated heterocycles. The van der Waals surface area contributed by atoms with Crippen LogP contribution >= 0.6 is 0 Å². The number of aryl methyl sites for hydroxylation is 1. The van der Waals surface area contributed by atoms with Crippen LogP contribution in [0.3, 0.4) is 0 Å². The van der Waals surface area contributed by atoms with E-state index in [0.717, 1.165) is 41.4 Å². The van der Waals surface area contributed by atoms with Crippen molar-refractivity contribution < 1.29 is 0 Å². The van der Waals surface area contributed by atoms with Crippen LogP contribution in [0, 0.1) is 46.3 Å². The molecule has 0 N–H and O–H groups in total. The van der Waals surface area contributed by atoms with E-state index in [2.05, 4.69) is 70.5 Å². The van der Waals surface area contributed by atoms with Gasteiger partial charge in [-0.2, -0.15) is 0 Å². The summed E-state index contributed by atoms with van der Waals surface area (Å²) in [6.45, 7) is 12.9. The topological polar surface area (TPSA) is 4.93 Å². The summed E-state index contributed by atoms with van der Waals surface area (Å²) >= 11 is 0. The third-order valence-electron chi connectivity index (χ3n) is 12.6. The lowest BCUT2D eigenvalue weighted by atomic mass is 9.44. The lowest BCUT2D eigenvalue weighted by Crippen LogP contribution is -2.52. The summed E-state index contributed by atoms with van der Waals surface area (Å²) < 4.78 is 2.54. The van der Waals surface area contributed by atoms with Crippen LogP contribution in [0.1, 0.15) is 116 Å². The Hall–Kier alpha value is -1.24. The maximum atomic E-state index is 2.75. The summed E-state index contributed by atoms with van der Waals surface area (Å²) in [5.74, 6) is 6.45. The van der Waals surface area contributed by atoms with Crippen LogP contribution in [0.2, 0.25) is 0 Å². The van der Waals surface area contributed by atoms with Gasteiger partial charge in [0.15, 0.2) is 0 Å². The smallest absolute Gasteiger partial charge is 0.0482 e. The van der Waals surface area contributed by atoms with Crippen molar-refractivity contribution in [1.29, 1.82) is 0 Å². The molecule has 1 nitrogen and oxygen atoms in total. The molecule has 0 radical (unpaired) electrons. The summed E-state index contributed by atoms with van der Waals surface area (Å²) in [7, 11) is 2.32. The second-order valence-corrected chi connectivity index (χ2v) is 14.5. The second-order valence-electron chi connectivity index (χ2n) is 14.5. The minimum atomic E-state index is 0.502. The fourth-order valence-electron chi connectivity index (χ4n) is 10.9.